The highest BCUT2D eigenvalue weighted by atomic mass is 16.5. The van der Waals surface area contributed by atoms with Crippen LogP contribution in [0.5, 0.6) is 5.75 Å². The highest BCUT2D eigenvalue weighted by Gasteiger charge is 2.19. The van der Waals surface area contributed by atoms with Crippen molar-refractivity contribution in [2.45, 2.75) is 31.7 Å². The van der Waals surface area contributed by atoms with Crippen molar-refractivity contribution < 1.29 is 4.74 Å². The second-order valence-electron chi connectivity index (χ2n) is 5.04. The molecule has 0 saturated heterocycles. The molecule has 0 fully saturated rings. The molecule has 1 atom stereocenters. The van der Waals surface area contributed by atoms with Crippen LogP contribution in [0.25, 0.3) is 10.8 Å². The molecule has 0 spiro atoms. The van der Waals surface area contributed by atoms with Gasteiger partial charge in [0.25, 0.3) is 0 Å². The van der Waals surface area contributed by atoms with Crippen molar-refractivity contribution >= 4 is 10.8 Å². The molecule has 2 aromatic rings. The number of methoxy groups -OCH3 is 1. The Morgan fingerprint density at radius 3 is 2.72 bits per heavy atom. The summed E-state index contributed by atoms with van der Waals surface area (Å²) in [5, 5.41) is 2.51. The maximum atomic E-state index is 6.31. The van der Waals surface area contributed by atoms with Crippen molar-refractivity contribution in [3.63, 3.8) is 0 Å². The predicted molar refractivity (Wildman–Crippen MR) is 75.0 cm³/mol. The van der Waals surface area contributed by atoms with Crippen LogP contribution in [0.15, 0.2) is 30.3 Å². The largest absolute Gasteiger partial charge is 0.496 e. The molecule has 18 heavy (non-hydrogen) atoms. The molecule has 0 amide bonds. The average molecular weight is 241 g/mol. The average Bonchev–Trinajstić information content (AvgIpc) is 2.60. The molecule has 2 N–H and O–H groups in total. The highest BCUT2D eigenvalue weighted by Crippen LogP contribution is 2.37. The fourth-order valence-corrected chi connectivity index (χ4v) is 3.02. The standard InChI is InChI=1S/C16H19NO/c1-18-16-10-14-12(7-4-5-9-15(14)17)11-6-2-3-8-13(11)16/h2-3,6,8,10,15H,4-5,7,9,17H2,1H3/t15-/m1/s1. The van der Waals surface area contributed by atoms with Gasteiger partial charge in [0.2, 0.25) is 0 Å². The summed E-state index contributed by atoms with van der Waals surface area (Å²) in [7, 11) is 1.73. The van der Waals surface area contributed by atoms with E-state index in [2.05, 4.69) is 30.3 Å². The Bertz CT molecular complexity index is 577. The van der Waals surface area contributed by atoms with Gasteiger partial charge in [0.1, 0.15) is 5.75 Å². The molecule has 0 heterocycles. The lowest BCUT2D eigenvalue weighted by Crippen LogP contribution is -2.11. The fraction of sp³-hybridized carbons (Fsp3) is 0.375. The van der Waals surface area contributed by atoms with Gasteiger partial charge in [0.15, 0.2) is 0 Å². The summed E-state index contributed by atoms with van der Waals surface area (Å²) >= 11 is 0. The smallest absolute Gasteiger partial charge is 0.127 e. The van der Waals surface area contributed by atoms with E-state index < -0.39 is 0 Å². The first kappa shape index (κ1) is 11.5. The van der Waals surface area contributed by atoms with E-state index >= 15 is 0 Å². The maximum Gasteiger partial charge on any atom is 0.127 e. The van der Waals surface area contributed by atoms with Crippen LogP contribution in [0.2, 0.25) is 0 Å². The summed E-state index contributed by atoms with van der Waals surface area (Å²) in [6.07, 6.45) is 4.66. The summed E-state index contributed by atoms with van der Waals surface area (Å²) in [6.45, 7) is 0. The zero-order valence-corrected chi connectivity index (χ0v) is 10.8. The van der Waals surface area contributed by atoms with Gasteiger partial charge in [0, 0.05) is 11.4 Å². The molecule has 94 valence electrons. The Morgan fingerprint density at radius 1 is 1.17 bits per heavy atom. The fourth-order valence-electron chi connectivity index (χ4n) is 3.02. The van der Waals surface area contributed by atoms with Crippen molar-refractivity contribution in [3.05, 3.63) is 41.5 Å². The monoisotopic (exact) mass is 241 g/mol. The van der Waals surface area contributed by atoms with E-state index in [9.17, 15) is 0 Å². The second-order valence-corrected chi connectivity index (χ2v) is 5.04. The Labute approximate surface area is 108 Å². The van der Waals surface area contributed by atoms with Crippen LogP contribution in [0, 0.1) is 0 Å². The lowest BCUT2D eigenvalue weighted by Gasteiger charge is -2.17. The van der Waals surface area contributed by atoms with Gasteiger partial charge < -0.3 is 10.5 Å². The molecule has 0 saturated carbocycles. The molecule has 1 aliphatic rings. The lowest BCUT2D eigenvalue weighted by atomic mass is 9.93. The van der Waals surface area contributed by atoms with E-state index in [0.717, 1.165) is 18.6 Å². The summed E-state index contributed by atoms with van der Waals surface area (Å²) in [6, 6.07) is 10.8. The molecule has 2 nitrogen and oxygen atoms in total. The SMILES string of the molecule is COc1cc2c(c3ccccc13)CCCC[C@H]2N. The predicted octanol–water partition coefficient (Wildman–Crippen LogP) is 3.57. The molecule has 0 radical (unpaired) electrons. The molecular formula is C16H19NO. The molecule has 0 unspecified atom stereocenters. The zero-order valence-electron chi connectivity index (χ0n) is 10.8. The van der Waals surface area contributed by atoms with Gasteiger partial charge >= 0.3 is 0 Å². The van der Waals surface area contributed by atoms with E-state index in [1.807, 2.05) is 0 Å². The van der Waals surface area contributed by atoms with Crippen molar-refractivity contribution in [2.75, 3.05) is 7.11 Å². The Balaban J connectivity index is 2.33. The van der Waals surface area contributed by atoms with Gasteiger partial charge in [-0.15, -0.1) is 0 Å². The quantitative estimate of drug-likeness (QED) is 0.775. The first-order chi connectivity index (χ1) is 8.81. The molecule has 2 heteroatoms. The van der Waals surface area contributed by atoms with Crippen LogP contribution in [0.3, 0.4) is 0 Å². The van der Waals surface area contributed by atoms with Crippen LogP contribution in [0.4, 0.5) is 0 Å². The number of benzene rings is 2. The minimum absolute atomic E-state index is 0.154. The Kier molecular flexibility index (Phi) is 2.96. The molecule has 0 bridgehead atoms. The first-order valence-electron chi connectivity index (χ1n) is 6.65. The minimum atomic E-state index is 0.154. The number of hydrogen-bond acceptors (Lipinski definition) is 2. The third kappa shape index (κ3) is 1.77. The second kappa shape index (κ2) is 4.62. The van der Waals surface area contributed by atoms with E-state index in [1.54, 1.807) is 7.11 Å². The van der Waals surface area contributed by atoms with Crippen molar-refractivity contribution in [1.82, 2.24) is 0 Å². The maximum absolute atomic E-state index is 6.31. The highest BCUT2D eigenvalue weighted by molar-refractivity contribution is 5.92. The van der Waals surface area contributed by atoms with Gasteiger partial charge in [-0.3, -0.25) is 0 Å². The third-order valence-electron chi connectivity index (χ3n) is 3.96. The summed E-state index contributed by atoms with van der Waals surface area (Å²) in [5.41, 5.74) is 9.01. The van der Waals surface area contributed by atoms with Gasteiger partial charge in [0.05, 0.1) is 7.11 Å². The van der Waals surface area contributed by atoms with Crippen LogP contribution in [0.1, 0.15) is 36.4 Å². The van der Waals surface area contributed by atoms with Gasteiger partial charge in [-0.25, -0.2) is 0 Å². The first-order valence-corrected chi connectivity index (χ1v) is 6.65. The van der Waals surface area contributed by atoms with Gasteiger partial charge in [-0.2, -0.15) is 0 Å². The molecule has 0 aromatic heterocycles. The number of nitrogens with two attached hydrogens (primary N) is 1. The van der Waals surface area contributed by atoms with Crippen LogP contribution in [-0.2, 0) is 6.42 Å². The normalized spacial score (nSPS) is 19.3. The van der Waals surface area contributed by atoms with Gasteiger partial charge in [-0.1, -0.05) is 30.7 Å². The number of ether oxygens (including phenoxy) is 1. The van der Waals surface area contributed by atoms with E-state index in [-0.39, 0.29) is 6.04 Å². The number of hydrogen-bond donors (Lipinski definition) is 1. The van der Waals surface area contributed by atoms with Crippen LogP contribution < -0.4 is 10.5 Å². The molecule has 0 aliphatic heterocycles. The topological polar surface area (TPSA) is 35.2 Å². The molecule has 2 aromatic carbocycles. The van der Waals surface area contributed by atoms with Gasteiger partial charge in [-0.05, 0) is 41.8 Å². The number of aryl methyl sites for hydroxylation is 1. The summed E-state index contributed by atoms with van der Waals surface area (Å²) in [4.78, 5) is 0. The summed E-state index contributed by atoms with van der Waals surface area (Å²) in [5.74, 6) is 0.946. The van der Waals surface area contributed by atoms with E-state index in [0.29, 0.717) is 0 Å². The van der Waals surface area contributed by atoms with Crippen molar-refractivity contribution in [2.24, 2.45) is 5.73 Å². The minimum Gasteiger partial charge on any atom is -0.496 e. The molecule has 3 rings (SSSR count). The lowest BCUT2D eigenvalue weighted by molar-refractivity contribution is 0.418. The Hall–Kier alpha value is -1.54. The van der Waals surface area contributed by atoms with E-state index in [1.165, 1.54) is 34.7 Å². The molecule has 1 aliphatic carbocycles. The summed E-state index contributed by atoms with van der Waals surface area (Å²) < 4.78 is 5.53. The van der Waals surface area contributed by atoms with Crippen molar-refractivity contribution in [1.29, 1.82) is 0 Å². The zero-order chi connectivity index (χ0) is 12.5. The van der Waals surface area contributed by atoms with Crippen LogP contribution in [-0.4, -0.2) is 7.11 Å². The third-order valence-corrected chi connectivity index (χ3v) is 3.96. The molecular weight excluding hydrogens is 222 g/mol. The number of rotatable bonds is 1. The Morgan fingerprint density at radius 2 is 1.94 bits per heavy atom. The van der Waals surface area contributed by atoms with E-state index in [4.69, 9.17) is 10.5 Å². The van der Waals surface area contributed by atoms with Crippen LogP contribution >= 0.6 is 0 Å². The van der Waals surface area contributed by atoms with Crippen molar-refractivity contribution in [3.8, 4) is 5.75 Å². The number of fused-ring (bicyclic) bond motifs is 3.